The molecule has 3 unspecified atom stereocenters. The first-order chi connectivity index (χ1) is 8.65. The number of aliphatic hydroxyl groups is 1. The number of carbonyl (C=O) groups excluding carboxylic acids is 1. The molecule has 2 N–H and O–H groups in total. The van der Waals surface area contributed by atoms with Gasteiger partial charge in [0.1, 0.15) is 6.10 Å². The van der Waals surface area contributed by atoms with Crippen LogP contribution in [0.25, 0.3) is 0 Å². The van der Waals surface area contributed by atoms with E-state index in [1.54, 1.807) is 0 Å². The molecular formula is C13H24N2O3. The summed E-state index contributed by atoms with van der Waals surface area (Å²) in [5, 5.41) is 13.1. The highest BCUT2D eigenvalue weighted by Gasteiger charge is 2.39. The van der Waals surface area contributed by atoms with E-state index in [0.29, 0.717) is 6.61 Å². The van der Waals surface area contributed by atoms with Crippen molar-refractivity contribution >= 4 is 5.91 Å². The third kappa shape index (κ3) is 3.22. The summed E-state index contributed by atoms with van der Waals surface area (Å²) in [6, 6.07) is -0.237. The van der Waals surface area contributed by atoms with Gasteiger partial charge in [-0.25, -0.2) is 0 Å². The van der Waals surface area contributed by atoms with E-state index in [9.17, 15) is 9.90 Å². The summed E-state index contributed by atoms with van der Waals surface area (Å²) in [6.45, 7) is 7.23. The highest BCUT2D eigenvalue weighted by molar-refractivity contribution is 5.81. The van der Waals surface area contributed by atoms with Crippen LogP contribution in [-0.2, 0) is 9.53 Å². The molecule has 0 bridgehead atoms. The Bertz CT molecular complexity index is 290. The fourth-order valence-corrected chi connectivity index (χ4v) is 2.35. The molecule has 1 saturated carbocycles. The minimum Gasteiger partial charge on any atom is -0.388 e. The zero-order chi connectivity index (χ0) is 13.1. The highest BCUT2D eigenvalue weighted by atomic mass is 16.5. The number of aliphatic hydroxyl groups excluding tert-OH is 1. The number of nitrogens with zero attached hydrogens (tertiary/aromatic N) is 1. The summed E-state index contributed by atoms with van der Waals surface area (Å²) < 4.78 is 5.61. The zero-order valence-electron chi connectivity index (χ0n) is 11.3. The molecule has 0 aromatic rings. The number of carbonyl (C=O) groups is 1. The summed E-state index contributed by atoms with van der Waals surface area (Å²) in [5.74, 6) is 0.255. The molecule has 1 heterocycles. The Morgan fingerprint density at radius 3 is 2.61 bits per heavy atom. The lowest BCUT2D eigenvalue weighted by Crippen LogP contribution is -2.47. The van der Waals surface area contributed by atoms with Crippen molar-refractivity contribution in [1.82, 2.24) is 10.2 Å². The van der Waals surface area contributed by atoms with Crippen molar-refractivity contribution in [1.29, 1.82) is 0 Å². The predicted molar refractivity (Wildman–Crippen MR) is 68.2 cm³/mol. The van der Waals surface area contributed by atoms with Gasteiger partial charge in [0, 0.05) is 12.5 Å². The van der Waals surface area contributed by atoms with Gasteiger partial charge in [0.05, 0.1) is 18.8 Å². The molecule has 0 aromatic carbocycles. The van der Waals surface area contributed by atoms with E-state index in [1.165, 1.54) is 0 Å². The van der Waals surface area contributed by atoms with Crippen LogP contribution in [0.1, 0.15) is 26.7 Å². The van der Waals surface area contributed by atoms with Gasteiger partial charge in [0.2, 0.25) is 5.91 Å². The normalized spacial score (nSPS) is 31.9. The topological polar surface area (TPSA) is 61.8 Å². The molecule has 1 saturated heterocycles. The lowest BCUT2D eigenvalue weighted by atomic mass is 10.1. The van der Waals surface area contributed by atoms with E-state index in [1.807, 2.05) is 0 Å². The molecular weight excluding hydrogens is 232 g/mol. The third-order valence-corrected chi connectivity index (χ3v) is 3.89. The van der Waals surface area contributed by atoms with Crippen LogP contribution in [0.2, 0.25) is 0 Å². The minimum atomic E-state index is -0.590. The molecule has 3 atom stereocenters. The van der Waals surface area contributed by atoms with Crippen molar-refractivity contribution in [2.75, 3.05) is 26.2 Å². The Labute approximate surface area is 108 Å². The maximum Gasteiger partial charge on any atom is 0.223 e. The van der Waals surface area contributed by atoms with E-state index in [-0.39, 0.29) is 24.0 Å². The second-order valence-corrected chi connectivity index (χ2v) is 5.24. The van der Waals surface area contributed by atoms with Gasteiger partial charge < -0.3 is 20.1 Å². The fourth-order valence-electron chi connectivity index (χ4n) is 2.35. The van der Waals surface area contributed by atoms with Gasteiger partial charge in [-0.3, -0.25) is 4.79 Å². The van der Waals surface area contributed by atoms with Crippen LogP contribution in [0.15, 0.2) is 0 Å². The molecule has 104 valence electrons. The molecule has 2 rings (SSSR count). The summed E-state index contributed by atoms with van der Waals surface area (Å²) in [5.41, 5.74) is 0. The molecule has 1 amide bonds. The summed E-state index contributed by atoms with van der Waals surface area (Å²) >= 11 is 0. The molecule has 2 aliphatic rings. The lowest BCUT2D eigenvalue weighted by Gasteiger charge is -2.24. The standard InChI is InChI=1S/C13H24N2O3/c1-3-15(4-2)7-11-12(16)10(8-18-11)14-13(17)9-5-6-9/h9-12,16H,3-8H2,1-2H3,(H,14,17). The van der Waals surface area contributed by atoms with Crippen LogP contribution < -0.4 is 5.32 Å². The summed E-state index contributed by atoms with van der Waals surface area (Å²) in [4.78, 5) is 13.9. The van der Waals surface area contributed by atoms with Crippen molar-refractivity contribution in [3.8, 4) is 0 Å². The first kappa shape index (κ1) is 13.8. The predicted octanol–water partition coefficient (Wildman–Crippen LogP) is -0.0173. The molecule has 0 spiro atoms. The monoisotopic (exact) mass is 256 g/mol. The molecule has 1 aliphatic heterocycles. The van der Waals surface area contributed by atoms with Crippen molar-refractivity contribution in [2.45, 2.75) is 44.9 Å². The molecule has 18 heavy (non-hydrogen) atoms. The van der Waals surface area contributed by atoms with Gasteiger partial charge in [-0.1, -0.05) is 13.8 Å². The second kappa shape index (κ2) is 5.99. The van der Waals surface area contributed by atoms with Crippen LogP contribution in [0, 0.1) is 5.92 Å². The number of hydrogen-bond donors (Lipinski definition) is 2. The van der Waals surface area contributed by atoms with Crippen LogP contribution in [0.4, 0.5) is 0 Å². The van der Waals surface area contributed by atoms with Crippen LogP contribution in [0.3, 0.4) is 0 Å². The highest BCUT2D eigenvalue weighted by Crippen LogP contribution is 2.29. The minimum absolute atomic E-state index is 0.0751. The number of rotatable bonds is 6. The number of nitrogens with one attached hydrogen (secondary N) is 1. The van der Waals surface area contributed by atoms with Crippen LogP contribution >= 0.6 is 0 Å². The molecule has 0 radical (unpaired) electrons. The third-order valence-electron chi connectivity index (χ3n) is 3.89. The van der Waals surface area contributed by atoms with Gasteiger partial charge >= 0.3 is 0 Å². The van der Waals surface area contributed by atoms with E-state index in [0.717, 1.165) is 32.5 Å². The SMILES string of the molecule is CCN(CC)CC1OCC(NC(=O)C2CC2)C1O. The largest absolute Gasteiger partial charge is 0.388 e. The Morgan fingerprint density at radius 2 is 2.06 bits per heavy atom. The fraction of sp³-hybridized carbons (Fsp3) is 0.923. The van der Waals surface area contributed by atoms with Gasteiger partial charge in [-0.2, -0.15) is 0 Å². The van der Waals surface area contributed by atoms with Crippen LogP contribution in [0.5, 0.6) is 0 Å². The molecule has 2 fully saturated rings. The maximum absolute atomic E-state index is 11.7. The number of hydrogen-bond acceptors (Lipinski definition) is 4. The quantitative estimate of drug-likeness (QED) is 0.701. The number of ether oxygens (including phenoxy) is 1. The lowest BCUT2D eigenvalue weighted by molar-refractivity contribution is -0.123. The second-order valence-electron chi connectivity index (χ2n) is 5.24. The van der Waals surface area contributed by atoms with Crippen molar-refractivity contribution in [3.05, 3.63) is 0 Å². The Morgan fingerprint density at radius 1 is 1.39 bits per heavy atom. The van der Waals surface area contributed by atoms with E-state index in [4.69, 9.17) is 4.74 Å². The average molecular weight is 256 g/mol. The van der Waals surface area contributed by atoms with Gasteiger partial charge in [0.25, 0.3) is 0 Å². The summed E-state index contributed by atoms with van der Waals surface area (Å²) in [7, 11) is 0. The van der Waals surface area contributed by atoms with Crippen molar-refractivity contribution < 1.29 is 14.6 Å². The van der Waals surface area contributed by atoms with E-state index >= 15 is 0 Å². The average Bonchev–Trinajstić information content (AvgIpc) is 3.16. The zero-order valence-corrected chi connectivity index (χ0v) is 11.3. The van der Waals surface area contributed by atoms with Crippen LogP contribution in [-0.4, -0.2) is 60.4 Å². The molecule has 5 heteroatoms. The van der Waals surface area contributed by atoms with E-state index in [2.05, 4.69) is 24.1 Å². The van der Waals surface area contributed by atoms with Gasteiger partial charge in [0.15, 0.2) is 0 Å². The Hall–Kier alpha value is -0.650. The molecule has 1 aliphatic carbocycles. The number of likely N-dealkylation sites (N-methyl/N-ethyl adjacent to an activating group) is 1. The van der Waals surface area contributed by atoms with Crippen molar-refractivity contribution in [3.63, 3.8) is 0 Å². The van der Waals surface area contributed by atoms with Crippen molar-refractivity contribution in [2.24, 2.45) is 5.92 Å². The Balaban J connectivity index is 1.80. The molecule has 0 aromatic heterocycles. The maximum atomic E-state index is 11.7. The van der Waals surface area contributed by atoms with Gasteiger partial charge in [-0.15, -0.1) is 0 Å². The first-order valence-corrected chi connectivity index (χ1v) is 6.98. The number of amides is 1. The summed E-state index contributed by atoms with van der Waals surface area (Å²) in [6.07, 6.45) is 1.19. The first-order valence-electron chi connectivity index (χ1n) is 6.98. The smallest absolute Gasteiger partial charge is 0.223 e. The Kier molecular flexibility index (Phi) is 4.59. The van der Waals surface area contributed by atoms with Gasteiger partial charge in [-0.05, 0) is 25.9 Å². The molecule has 5 nitrogen and oxygen atoms in total. The van der Waals surface area contributed by atoms with E-state index < -0.39 is 6.10 Å².